The molecule has 0 aliphatic rings. The van der Waals surface area contributed by atoms with Crippen molar-refractivity contribution in [3.8, 4) is 11.8 Å². The summed E-state index contributed by atoms with van der Waals surface area (Å²) in [5, 5.41) is 8.78. The highest BCUT2D eigenvalue weighted by Gasteiger charge is 2.35. The summed E-state index contributed by atoms with van der Waals surface area (Å²) < 4.78 is 44.2. The van der Waals surface area contributed by atoms with Crippen molar-refractivity contribution >= 4 is 0 Å². The van der Waals surface area contributed by atoms with Gasteiger partial charge in [-0.25, -0.2) is 0 Å². The van der Waals surface area contributed by atoms with Crippen molar-refractivity contribution in [2.75, 3.05) is 0 Å². The minimum Gasteiger partial charge on any atom is -0.475 e. The van der Waals surface area contributed by atoms with Gasteiger partial charge in [0, 0.05) is 6.04 Å². The summed E-state index contributed by atoms with van der Waals surface area (Å²) in [5.74, 6) is -0.320. The number of halogens is 3. The Bertz CT molecular complexity index is 492. The molecule has 1 aromatic carbocycles. The molecule has 20 heavy (non-hydrogen) atoms. The number of benzene rings is 1. The SMILES string of the molecule is CCC(C#N)Oc1ccc(CC(C)N)cc1C(F)(F)F. The molecule has 0 aliphatic carbocycles. The van der Waals surface area contributed by atoms with E-state index < -0.39 is 17.8 Å². The Kier molecular flexibility index (Phi) is 5.40. The summed E-state index contributed by atoms with van der Waals surface area (Å²) in [7, 11) is 0. The summed E-state index contributed by atoms with van der Waals surface area (Å²) >= 11 is 0. The predicted molar refractivity (Wildman–Crippen MR) is 69.1 cm³/mol. The van der Waals surface area contributed by atoms with Crippen LogP contribution in [0.1, 0.15) is 31.4 Å². The fraction of sp³-hybridized carbons (Fsp3) is 0.500. The Hall–Kier alpha value is -1.74. The van der Waals surface area contributed by atoms with E-state index in [9.17, 15) is 13.2 Å². The van der Waals surface area contributed by atoms with Crippen molar-refractivity contribution in [3.05, 3.63) is 29.3 Å². The number of nitriles is 1. The largest absolute Gasteiger partial charge is 0.475 e. The summed E-state index contributed by atoms with van der Waals surface area (Å²) in [5.41, 5.74) is 5.21. The molecule has 0 bridgehead atoms. The molecule has 0 heterocycles. The third-order valence-corrected chi connectivity index (χ3v) is 2.69. The van der Waals surface area contributed by atoms with Gasteiger partial charge in [-0.2, -0.15) is 18.4 Å². The van der Waals surface area contributed by atoms with Gasteiger partial charge < -0.3 is 10.5 Å². The molecule has 0 saturated carbocycles. The van der Waals surface area contributed by atoms with E-state index in [4.69, 9.17) is 15.7 Å². The van der Waals surface area contributed by atoms with Crippen LogP contribution in [0.4, 0.5) is 13.2 Å². The molecule has 1 rings (SSSR count). The van der Waals surface area contributed by atoms with Gasteiger partial charge >= 0.3 is 6.18 Å². The molecule has 0 radical (unpaired) electrons. The Labute approximate surface area is 116 Å². The van der Waals surface area contributed by atoms with Crippen LogP contribution in [0.2, 0.25) is 0 Å². The summed E-state index contributed by atoms with van der Waals surface area (Å²) in [6.45, 7) is 3.39. The van der Waals surface area contributed by atoms with E-state index in [-0.39, 0.29) is 11.8 Å². The molecule has 0 saturated heterocycles. The van der Waals surface area contributed by atoms with E-state index in [1.54, 1.807) is 13.8 Å². The Morgan fingerprint density at radius 1 is 1.40 bits per heavy atom. The molecule has 0 aliphatic heterocycles. The molecular weight excluding hydrogens is 269 g/mol. The van der Waals surface area contributed by atoms with Gasteiger partial charge in [0.05, 0.1) is 5.56 Å². The van der Waals surface area contributed by atoms with E-state index >= 15 is 0 Å². The highest BCUT2D eigenvalue weighted by molar-refractivity contribution is 5.40. The summed E-state index contributed by atoms with van der Waals surface area (Å²) in [4.78, 5) is 0. The predicted octanol–water partition coefficient (Wildman–Crippen LogP) is 3.28. The van der Waals surface area contributed by atoms with Crippen LogP contribution in [0.25, 0.3) is 0 Å². The van der Waals surface area contributed by atoms with E-state index in [1.165, 1.54) is 12.1 Å². The second-order valence-corrected chi connectivity index (χ2v) is 4.65. The lowest BCUT2D eigenvalue weighted by Crippen LogP contribution is -2.19. The molecule has 2 atom stereocenters. The first-order valence-electron chi connectivity index (χ1n) is 6.29. The molecule has 0 aromatic heterocycles. The van der Waals surface area contributed by atoms with Crippen LogP contribution in [0.3, 0.4) is 0 Å². The number of hydrogen-bond donors (Lipinski definition) is 1. The number of nitrogens with zero attached hydrogens (tertiary/aromatic N) is 1. The van der Waals surface area contributed by atoms with Gasteiger partial charge in [0.1, 0.15) is 11.8 Å². The maximum absolute atomic E-state index is 13.0. The number of hydrogen-bond acceptors (Lipinski definition) is 3. The van der Waals surface area contributed by atoms with Crippen LogP contribution < -0.4 is 10.5 Å². The fourth-order valence-electron chi connectivity index (χ4n) is 1.75. The smallest absolute Gasteiger partial charge is 0.419 e. The van der Waals surface area contributed by atoms with Gasteiger partial charge in [0.25, 0.3) is 0 Å². The zero-order valence-corrected chi connectivity index (χ0v) is 11.4. The minimum absolute atomic E-state index is 0.231. The summed E-state index contributed by atoms with van der Waals surface area (Å²) in [6, 6.07) is 5.41. The van der Waals surface area contributed by atoms with Gasteiger partial charge in [0.15, 0.2) is 6.10 Å². The van der Waals surface area contributed by atoms with E-state index in [1.807, 2.05) is 6.07 Å². The second kappa shape index (κ2) is 6.62. The van der Waals surface area contributed by atoms with Gasteiger partial charge in [0.2, 0.25) is 0 Å². The molecular formula is C14H17F3N2O. The summed E-state index contributed by atoms with van der Waals surface area (Å²) in [6.07, 6.45) is -4.76. The number of nitrogens with two attached hydrogens (primary N) is 1. The van der Waals surface area contributed by atoms with Crippen molar-refractivity contribution in [3.63, 3.8) is 0 Å². The minimum atomic E-state index is -4.53. The maximum Gasteiger partial charge on any atom is 0.419 e. The van der Waals surface area contributed by atoms with Crippen LogP contribution in [-0.4, -0.2) is 12.1 Å². The topological polar surface area (TPSA) is 59.0 Å². The number of rotatable bonds is 5. The average Bonchev–Trinajstić information content (AvgIpc) is 2.35. The first-order valence-corrected chi connectivity index (χ1v) is 6.29. The fourth-order valence-corrected chi connectivity index (χ4v) is 1.75. The lowest BCUT2D eigenvalue weighted by molar-refractivity contribution is -0.139. The number of ether oxygens (including phenoxy) is 1. The van der Waals surface area contributed by atoms with Crippen molar-refractivity contribution in [2.45, 2.75) is 45.0 Å². The number of alkyl halides is 3. The maximum atomic E-state index is 13.0. The molecule has 3 nitrogen and oxygen atoms in total. The second-order valence-electron chi connectivity index (χ2n) is 4.65. The third-order valence-electron chi connectivity index (χ3n) is 2.69. The third kappa shape index (κ3) is 4.42. The van der Waals surface area contributed by atoms with Crippen LogP contribution in [-0.2, 0) is 12.6 Å². The van der Waals surface area contributed by atoms with Crippen LogP contribution in [0.5, 0.6) is 5.75 Å². The molecule has 0 spiro atoms. The molecule has 2 N–H and O–H groups in total. The lowest BCUT2D eigenvalue weighted by Gasteiger charge is -2.18. The van der Waals surface area contributed by atoms with Crippen LogP contribution in [0, 0.1) is 11.3 Å². The molecule has 110 valence electrons. The van der Waals surface area contributed by atoms with E-state index in [0.717, 1.165) is 6.07 Å². The monoisotopic (exact) mass is 286 g/mol. The first kappa shape index (κ1) is 16.3. The lowest BCUT2D eigenvalue weighted by atomic mass is 10.0. The Morgan fingerprint density at radius 2 is 2.05 bits per heavy atom. The first-order chi connectivity index (χ1) is 9.27. The van der Waals surface area contributed by atoms with Gasteiger partial charge in [-0.15, -0.1) is 0 Å². The van der Waals surface area contributed by atoms with Crippen LogP contribution in [0.15, 0.2) is 18.2 Å². The molecule has 0 fully saturated rings. The van der Waals surface area contributed by atoms with Crippen LogP contribution >= 0.6 is 0 Å². The highest BCUT2D eigenvalue weighted by atomic mass is 19.4. The quantitative estimate of drug-likeness (QED) is 0.903. The molecule has 0 amide bonds. The van der Waals surface area contributed by atoms with Gasteiger partial charge in [-0.3, -0.25) is 0 Å². The average molecular weight is 286 g/mol. The molecule has 2 unspecified atom stereocenters. The highest BCUT2D eigenvalue weighted by Crippen LogP contribution is 2.37. The van der Waals surface area contributed by atoms with Crippen molar-refractivity contribution < 1.29 is 17.9 Å². The molecule has 1 aromatic rings. The standard InChI is InChI=1S/C14H17F3N2O/c1-3-11(8-18)20-13-5-4-10(6-9(2)19)7-12(13)14(15,16)17/h4-5,7,9,11H,3,6,19H2,1-2H3. The normalized spacial score (nSPS) is 14.4. The van der Waals surface area contributed by atoms with Crippen molar-refractivity contribution in [1.82, 2.24) is 0 Å². The van der Waals surface area contributed by atoms with E-state index in [0.29, 0.717) is 18.4 Å². The molecule has 6 heteroatoms. The van der Waals surface area contributed by atoms with Gasteiger partial charge in [-0.1, -0.05) is 13.0 Å². The zero-order chi connectivity index (χ0) is 15.3. The Balaban J connectivity index is 3.14. The Morgan fingerprint density at radius 3 is 2.50 bits per heavy atom. The van der Waals surface area contributed by atoms with Crippen molar-refractivity contribution in [2.24, 2.45) is 5.73 Å². The zero-order valence-electron chi connectivity index (χ0n) is 11.4. The van der Waals surface area contributed by atoms with Crippen molar-refractivity contribution in [1.29, 1.82) is 5.26 Å². The van der Waals surface area contributed by atoms with E-state index in [2.05, 4.69) is 0 Å². The van der Waals surface area contributed by atoms with Gasteiger partial charge in [-0.05, 0) is 37.5 Å².